The van der Waals surface area contributed by atoms with Gasteiger partial charge in [-0.25, -0.2) is 9.97 Å². The Morgan fingerprint density at radius 2 is 1.65 bits per heavy atom. The normalized spacial score (nSPS) is 13.9. The predicted octanol–water partition coefficient (Wildman–Crippen LogP) is 4.22. The highest BCUT2D eigenvalue weighted by Crippen LogP contribution is 2.34. The summed E-state index contributed by atoms with van der Waals surface area (Å²) in [6.45, 7) is 1.29. The van der Waals surface area contributed by atoms with Gasteiger partial charge < -0.3 is 9.47 Å². The van der Waals surface area contributed by atoms with Crippen molar-refractivity contribution in [3.05, 3.63) is 32.1 Å². The molecule has 104 valence electrons. The lowest BCUT2D eigenvalue weighted by atomic mass is 10.2. The van der Waals surface area contributed by atoms with Crippen molar-refractivity contribution in [2.45, 2.75) is 6.42 Å². The molecule has 20 heavy (non-hydrogen) atoms. The van der Waals surface area contributed by atoms with E-state index in [2.05, 4.69) is 9.97 Å². The standard InChI is InChI=1S/C13H9Cl2IN2O2/c14-11-10(16)12(15)18-13(17-11)7-2-3-8-9(6-7)20-5-1-4-19-8/h2-3,6H,1,4-5H2. The molecule has 0 radical (unpaired) electrons. The first-order valence-corrected chi connectivity index (χ1v) is 7.77. The summed E-state index contributed by atoms with van der Waals surface area (Å²) in [6, 6.07) is 5.55. The van der Waals surface area contributed by atoms with Crippen LogP contribution in [0.1, 0.15) is 6.42 Å². The van der Waals surface area contributed by atoms with Gasteiger partial charge >= 0.3 is 0 Å². The van der Waals surface area contributed by atoms with Crippen molar-refractivity contribution in [2.75, 3.05) is 13.2 Å². The van der Waals surface area contributed by atoms with Crippen LogP contribution in [-0.4, -0.2) is 23.2 Å². The molecule has 7 heteroatoms. The third kappa shape index (κ3) is 2.80. The number of benzene rings is 1. The van der Waals surface area contributed by atoms with Crippen LogP contribution < -0.4 is 9.47 Å². The van der Waals surface area contributed by atoms with Gasteiger partial charge in [-0.3, -0.25) is 0 Å². The Morgan fingerprint density at radius 1 is 1.00 bits per heavy atom. The molecule has 4 nitrogen and oxygen atoms in total. The molecule has 0 saturated carbocycles. The smallest absolute Gasteiger partial charge is 0.162 e. The molecule has 1 aliphatic heterocycles. The van der Waals surface area contributed by atoms with Crippen LogP contribution in [0.3, 0.4) is 0 Å². The molecule has 0 unspecified atom stereocenters. The van der Waals surface area contributed by atoms with E-state index in [1.165, 1.54) is 0 Å². The van der Waals surface area contributed by atoms with E-state index >= 15 is 0 Å². The van der Waals surface area contributed by atoms with Gasteiger partial charge in [0.2, 0.25) is 0 Å². The zero-order valence-electron chi connectivity index (χ0n) is 10.2. The van der Waals surface area contributed by atoms with Crippen molar-refractivity contribution in [3.8, 4) is 22.9 Å². The molecular formula is C13H9Cl2IN2O2. The van der Waals surface area contributed by atoms with Crippen LogP contribution in [0.15, 0.2) is 18.2 Å². The van der Waals surface area contributed by atoms with Crippen LogP contribution in [-0.2, 0) is 0 Å². The van der Waals surface area contributed by atoms with Crippen LogP contribution in [0, 0.1) is 3.57 Å². The Balaban J connectivity index is 2.04. The third-order valence-corrected chi connectivity index (χ3v) is 4.98. The Kier molecular flexibility index (Phi) is 4.18. The largest absolute Gasteiger partial charge is 0.490 e. The number of hydrogen-bond acceptors (Lipinski definition) is 4. The summed E-state index contributed by atoms with van der Waals surface area (Å²) < 4.78 is 11.9. The van der Waals surface area contributed by atoms with Crippen molar-refractivity contribution in [2.24, 2.45) is 0 Å². The highest BCUT2D eigenvalue weighted by Gasteiger charge is 2.15. The van der Waals surface area contributed by atoms with Crippen molar-refractivity contribution >= 4 is 45.8 Å². The van der Waals surface area contributed by atoms with E-state index in [1.807, 2.05) is 40.8 Å². The summed E-state index contributed by atoms with van der Waals surface area (Å²) in [5.41, 5.74) is 0.787. The van der Waals surface area contributed by atoms with Gasteiger partial charge in [0.25, 0.3) is 0 Å². The molecule has 1 aromatic carbocycles. The van der Waals surface area contributed by atoms with Gasteiger partial charge in [-0.1, -0.05) is 23.2 Å². The predicted molar refractivity (Wildman–Crippen MR) is 85.8 cm³/mol. The van der Waals surface area contributed by atoms with Crippen molar-refractivity contribution in [1.82, 2.24) is 9.97 Å². The number of ether oxygens (including phenoxy) is 2. The maximum absolute atomic E-state index is 6.04. The quantitative estimate of drug-likeness (QED) is 0.510. The Morgan fingerprint density at radius 3 is 2.35 bits per heavy atom. The first-order chi connectivity index (χ1) is 9.65. The maximum Gasteiger partial charge on any atom is 0.162 e. The summed E-state index contributed by atoms with van der Waals surface area (Å²) in [5.74, 6) is 1.89. The van der Waals surface area contributed by atoms with E-state index in [-0.39, 0.29) is 0 Å². The highest BCUT2D eigenvalue weighted by atomic mass is 127. The minimum absolute atomic E-state index is 0.340. The number of nitrogens with zero attached hydrogens (tertiary/aromatic N) is 2. The first-order valence-electron chi connectivity index (χ1n) is 5.94. The molecule has 0 spiro atoms. The van der Waals surface area contributed by atoms with Crippen molar-refractivity contribution < 1.29 is 9.47 Å². The lowest BCUT2D eigenvalue weighted by molar-refractivity contribution is 0.297. The zero-order valence-corrected chi connectivity index (χ0v) is 13.9. The van der Waals surface area contributed by atoms with E-state index in [1.54, 1.807) is 0 Å². The van der Waals surface area contributed by atoms with Gasteiger partial charge in [-0.15, -0.1) is 0 Å². The number of rotatable bonds is 1. The van der Waals surface area contributed by atoms with Crippen molar-refractivity contribution in [1.29, 1.82) is 0 Å². The van der Waals surface area contributed by atoms with E-state index in [4.69, 9.17) is 32.7 Å². The lowest BCUT2D eigenvalue weighted by Gasteiger charge is -2.09. The fraction of sp³-hybridized carbons (Fsp3) is 0.231. The zero-order chi connectivity index (χ0) is 14.1. The lowest BCUT2D eigenvalue weighted by Crippen LogP contribution is -1.97. The number of aromatic nitrogens is 2. The minimum Gasteiger partial charge on any atom is -0.490 e. The Labute approximate surface area is 139 Å². The summed E-state index contributed by atoms with van der Waals surface area (Å²) in [5, 5.41) is 0.681. The molecule has 1 aliphatic rings. The first kappa shape index (κ1) is 14.2. The molecule has 1 aromatic heterocycles. The van der Waals surface area contributed by atoms with E-state index in [0.717, 1.165) is 17.7 Å². The fourth-order valence-electron chi connectivity index (χ4n) is 1.83. The van der Waals surface area contributed by atoms with E-state index in [0.29, 0.717) is 38.7 Å². The molecule has 0 amide bonds. The molecule has 0 bridgehead atoms. The van der Waals surface area contributed by atoms with Gasteiger partial charge in [0.15, 0.2) is 17.3 Å². The van der Waals surface area contributed by atoms with Crippen molar-refractivity contribution in [3.63, 3.8) is 0 Å². The number of halogens is 3. The van der Waals surface area contributed by atoms with Gasteiger partial charge in [-0.05, 0) is 40.8 Å². The molecule has 0 saturated heterocycles. The second-order valence-corrected chi connectivity index (χ2v) is 5.95. The maximum atomic E-state index is 6.04. The molecule has 2 heterocycles. The average Bonchev–Trinajstić information content (AvgIpc) is 2.68. The van der Waals surface area contributed by atoms with Crippen LogP contribution in [0.5, 0.6) is 11.5 Å². The molecule has 0 aliphatic carbocycles. The highest BCUT2D eigenvalue weighted by molar-refractivity contribution is 14.1. The molecule has 0 fully saturated rings. The topological polar surface area (TPSA) is 44.2 Å². The minimum atomic E-state index is 0.340. The molecule has 0 N–H and O–H groups in total. The van der Waals surface area contributed by atoms with Gasteiger partial charge in [0, 0.05) is 12.0 Å². The van der Waals surface area contributed by atoms with Crippen LogP contribution in [0.25, 0.3) is 11.4 Å². The monoisotopic (exact) mass is 422 g/mol. The van der Waals surface area contributed by atoms with Gasteiger partial charge in [0.05, 0.1) is 16.8 Å². The molecule has 2 aromatic rings. The molecule has 0 atom stereocenters. The molecular weight excluding hydrogens is 414 g/mol. The van der Waals surface area contributed by atoms with E-state index < -0.39 is 0 Å². The number of hydrogen-bond donors (Lipinski definition) is 0. The summed E-state index contributed by atoms with van der Waals surface area (Å²) >= 11 is 14.1. The SMILES string of the molecule is Clc1nc(-c2ccc3c(c2)OCCCO3)nc(Cl)c1I. The second-order valence-electron chi connectivity index (χ2n) is 4.15. The second kappa shape index (κ2) is 5.91. The van der Waals surface area contributed by atoms with Crippen LogP contribution in [0.4, 0.5) is 0 Å². The summed E-state index contributed by atoms with van der Waals surface area (Å²) in [4.78, 5) is 8.48. The molecule has 3 rings (SSSR count). The van der Waals surface area contributed by atoms with Crippen LogP contribution >= 0.6 is 45.8 Å². The number of fused-ring (bicyclic) bond motifs is 1. The third-order valence-electron chi connectivity index (χ3n) is 2.78. The van der Waals surface area contributed by atoms with E-state index in [9.17, 15) is 0 Å². The Bertz CT molecular complexity index is 644. The average molecular weight is 423 g/mol. The summed E-state index contributed by atoms with van der Waals surface area (Å²) in [6.07, 6.45) is 0.863. The summed E-state index contributed by atoms with van der Waals surface area (Å²) in [7, 11) is 0. The fourth-order valence-corrected chi connectivity index (χ4v) is 2.45. The Hall–Kier alpha value is -0.790. The van der Waals surface area contributed by atoms with Gasteiger partial charge in [-0.2, -0.15) is 0 Å². The van der Waals surface area contributed by atoms with Gasteiger partial charge in [0.1, 0.15) is 10.3 Å². The van der Waals surface area contributed by atoms with Crippen LogP contribution in [0.2, 0.25) is 10.3 Å².